The number of ether oxygens (including phenoxy) is 4. The number of halogens is 1. The van der Waals surface area contributed by atoms with E-state index in [2.05, 4.69) is 0 Å². The molecule has 3 saturated carbocycles. The van der Waals surface area contributed by atoms with E-state index in [1.165, 1.54) is 18.2 Å². The number of allylic oxidation sites excluding steroid dienone is 4. The Morgan fingerprint density at radius 3 is 2.34 bits per heavy atom. The van der Waals surface area contributed by atoms with Crippen LogP contribution in [0.3, 0.4) is 0 Å². The van der Waals surface area contributed by atoms with Crippen LogP contribution in [-0.2, 0) is 28.5 Å². The number of ketones is 2. The highest BCUT2D eigenvalue weighted by Crippen LogP contribution is 2.70. The SMILES string of the molecule is C[C@@H]1C[C@H]2[C@@H]3CCC4=CC(=O)C=C[C@]4(C)[C@@]3(F)[C@@H](O)C[C@]2(C)[C@@]1(O)C(=O)COC1(CO)O[C@H](CO)[C@H](O[C@@H]2OC(CO)[C@H](O)[C@@H](O)C2O)C1O. The Balaban J connectivity index is 1.21. The first kappa shape index (κ1) is 38.0. The van der Waals surface area contributed by atoms with Crippen LogP contribution >= 0.6 is 0 Å². The van der Waals surface area contributed by atoms with Gasteiger partial charge in [0.2, 0.25) is 5.79 Å². The van der Waals surface area contributed by atoms with Gasteiger partial charge in [0.25, 0.3) is 0 Å². The van der Waals surface area contributed by atoms with E-state index in [1.807, 2.05) is 0 Å². The summed E-state index contributed by atoms with van der Waals surface area (Å²) < 4.78 is 39.9. The van der Waals surface area contributed by atoms with E-state index >= 15 is 4.39 Å². The van der Waals surface area contributed by atoms with Crippen molar-refractivity contribution in [2.45, 2.75) is 119 Å². The van der Waals surface area contributed by atoms with Gasteiger partial charge in [0.05, 0.1) is 19.3 Å². The Labute approximate surface area is 287 Å². The minimum atomic E-state index is -2.40. The summed E-state index contributed by atoms with van der Waals surface area (Å²) in [6.07, 6.45) is -10.2. The van der Waals surface area contributed by atoms with Crippen molar-refractivity contribution >= 4 is 11.6 Å². The largest absolute Gasteiger partial charge is 0.394 e. The van der Waals surface area contributed by atoms with Gasteiger partial charge in [0.1, 0.15) is 61.5 Å². The highest BCUT2D eigenvalue weighted by molar-refractivity contribution is 6.01. The van der Waals surface area contributed by atoms with Gasteiger partial charge < -0.3 is 64.9 Å². The highest BCUT2D eigenvalue weighted by atomic mass is 19.1. The zero-order chi connectivity index (χ0) is 36.8. The molecule has 282 valence electrons. The first-order valence-corrected chi connectivity index (χ1v) is 17.1. The molecule has 4 unspecified atom stereocenters. The molecule has 0 spiro atoms. The predicted molar refractivity (Wildman–Crippen MR) is 165 cm³/mol. The molecule has 2 heterocycles. The van der Waals surface area contributed by atoms with Gasteiger partial charge in [-0.05, 0) is 56.6 Å². The Morgan fingerprint density at radius 2 is 1.70 bits per heavy atom. The maximum atomic E-state index is 17.5. The lowest BCUT2D eigenvalue weighted by Gasteiger charge is -2.62. The van der Waals surface area contributed by atoms with Gasteiger partial charge in [-0.2, -0.15) is 0 Å². The van der Waals surface area contributed by atoms with E-state index in [4.69, 9.17) is 18.9 Å². The van der Waals surface area contributed by atoms with E-state index in [0.717, 1.165) is 0 Å². The molecule has 5 fully saturated rings. The van der Waals surface area contributed by atoms with E-state index in [0.29, 0.717) is 12.0 Å². The Hall–Kier alpha value is -1.77. The van der Waals surface area contributed by atoms with E-state index in [1.54, 1.807) is 20.8 Å². The van der Waals surface area contributed by atoms with Crippen molar-refractivity contribution in [2.75, 3.05) is 26.4 Å². The molecule has 0 aromatic carbocycles. The lowest BCUT2D eigenvalue weighted by atomic mass is 9.44. The van der Waals surface area contributed by atoms with E-state index < -0.39 is 133 Å². The number of fused-ring (bicyclic) bond motifs is 5. The molecule has 50 heavy (non-hydrogen) atoms. The van der Waals surface area contributed by atoms with Crippen LogP contribution in [0.5, 0.6) is 0 Å². The number of carbonyl (C=O) groups excluding carboxylic acids is 2. The molecule has 0 radical (unpaired) electrons. The number of aliphatic hydroxyl groups is 9. The Bertz CT molecular complexity index is 1410. The molecular formula is C34H49FO15. The molecule has 9 N–H and O–H groups in total. The lowest BCUT2D eigenvalue weighted by molar-refractivity contribution is -0.319. The van der Waals surface area contributed by atoms with Crippen LogP contribution in [0.4, 0.5) is 4.39 Å². The van der Waals surface area contributed by atoms with Crippen LogP contribution < -0.4 is 0 Å². The smallest absolute Gasteiger partial charge is 0.222 e. The summed E-state index contributed by atoms with van der Waals surface area (Å²) in [4.78, 5) is 26.3. The molecular weight excluding hydrogens is 667 g/mol. The van der Waals surface area contributed by atoms with Crippen molar-refractivity contribution in [3.8, 4) is 0 Å². The molecule has 16 heteroatoms. The number of rotatable bonds is 9. The topological polar surface area (TPSA) is 253 Å². The summed E-state index contributed by atoms with van der Waals surface area (Å²) in [5.41, 5.74) is -6.33. The second-order valence-corrected chi connectivity index (χ2v) is 15.4. The average molecular weight is 717 g/mol. The summed E-state index contributed by atoms with van der Waals surface area (Å²) in [5, 5.41) is 95.8. The molecule has 6 aliphatic rings. The van der Waals surface area contributed by atoms with Crippen molar-refractivity contribution in [3.63, 3.8) is 0 Å². The van der Waals surface area contributed by atoms with Crippen molar-refractivity contribution in [2.24, 2.45) is 28.6 Å². The molecule has 0 bridgehead atoms. The van der Waals surface area contributed by atoms with Gasteiger partial charge in [0, 0.05) is 16.7 Å². The van der Waals surface area contributed by atoms with Gasteiger partial charge in [-0.25, -0.2) is 4.39 Å². The first-order valence-electron chi connectivity index (χ1n) is 17.1. The molecule has 6 rings (SSSR count). The number of hydrogen-bond acceptors (Lipinski definition) is 15. The number of aliphatic hydroxyl groups excluding tert-OH is 8. The zero-order valence-electron chi connectivity index (χ0n) is 28.2. The van der Waals surface area contributed by atoms with Crippen LogP contribution in [0.25, 0.3) is 0 Å². The summed E-state index contributed by atoms with van der Waals surface area (Å²) in [5.74, 6) is -5.58. The van der Waals surface area contributed by atoms with Crippen LogP contribution in [0.15, 0.2) is 23.8 Å². The zero-order valence-corrected chi connectivity index (χ0v) is 28.2. The van der Waals surface area contributed by atoms with Gasteiger partial charge in [-0.1, -0.05) is 25.5 Å². The third-order valence-electron chi connectivity index (χ3n) is 13.1. The number of Topliss-reactive ketones (excluding diaryl/α,β-unsaturated/α-hetero) is 1. The molecule has 4 aliphatic carbocycles. The quantitative estimate of drug-likeness (QED) is 0.120. The predicted octanol–water partition coefficient (Wildman–Crippen LogP) is -2.45. The molecule has 0 aromatic rings. The fraction of sp³-hybridized carbons (Fsp3) is 0.824. The van der Waals surface area contributed by atoms with Crippen molar-refractivity contribution in [1.29, 1.82) is 0 Å². The van der Waals surface area contributed by atoms with Gasteiger partial charge in [-0.15, -0.1) is 0 Å². The van der Waals surface area contributed by atoms with Crippen LogP contribution in [0.2, 0.25) is 0 Å². The molecule has 0 aromatic heterocycles. The summed E-state index contributed by atoms with van der Waals surface area (Å²) in [7, 11) is 0. The van der Waals surface area contributed by atoms with Crippen molar-refractivity contribution in [1.82, 2.24) is 0 Å². The minimum absolute atomic E-state index is 0.242. The molecule has 2 saturated heterocycles. The van der Waals surface area contributed by atoms with Crippen LogP contribution in [-0.4, -0.2) is 156 Å². The maximum Gasteiger partial charge on any atom is 0.222 e. The first-order chi connectivity index (χ1) is 23.4. The molecule has 15 nitrogen and oxygen atoms in total. The third-order valence-corrected chi connectivity index (χ3v) is 13.1. The lowest BCUT2D eigenvalue weighted by Crippen LogP contribution is -2.69. The average Bonchev–Trinajstić information content (AvgIpc) is 3.47. The van der Waals surface area contributed by atoms with Crippen LogP contribution in [0, 0.1) is 28.6 Å². The molecule has 17 atom stereocenters. The Morgan fingerprint density at radius 1 is 1.02 bits per heavy atom. The number of alkyl halides is 1. The minimum Gasteiger partial charge on any atom is -0.394 e. The molecule has 0 amide bonds. The fourth-order valence-electron chi connectivity index (χ4n) is 10.2. The maximum absolute atomic E-state index is 17.5. The summed E-state index contributed by atoms with van der Waals surface area (Å²) in [6.45, 7) is 1.38. The fourth-order valence-corrected chi connectivity index (χ4v) is 10.2. The highest BCUT2D eigenvalue weighted by Gasteiger charge is 2.75. The third kappa shape index (κ3) is 5.10. The monoisotopic (exact) mass is 716 g/mol. The van der Waals surface area contributed by atoms with E-state index in [-0.39, 0.29) is 25.0 Å². The number of carbonyl (C=O) groups is 2. The normalized spacial score (nSPS) is 53.1. The summed E-state index contributed by atoms with van der Waals surface area (Å²) in [6, 6.07) is 0. The van der Waals surface area contributed by atoms with Crippen LogP contribution in [0.1, 0.15) is 46.5 Å². The number of hydrogen-bond donors (Lipinski definition) is 9. The van der Waals surface area contributed by atoms with E-state index in [9.17, 15) is 55.5 Å². The van der Waals surface area contributed by atoms with Gasteiger partial charge >= 0.3 is 0 Å². The Kier molecular flexibility index (Phi) is 9.85. The second kappa shape index (κ2) is 13.0. The van der Waals surface area contributed by atoms with Gasteiger partial charge in [0.15, 0.2) is 23.5 Å². The summed E-state index contributed by atoms with van der Waals surface area (Å²) >= 11 is 0. The second-order valence-electron chi connectivity index (χ2n) is 15.4. The van der Waals surface area contributed by atoms with Gasteiger partial charge in [-0.3, -0.25) is 9.59 Å². The van der Waals surface area contributed by atoms with Crippen molar-refractivity contribution in [3.05, 3.63) is 23.8 Å². The van der Waals surface area contributed by atoms with Crippen molar-refractivity contribution < 1.29 is 78.9 Å². The standard InChI is InChI=1S/C34H49FO15/c1-15-8-19-18-5-4-16-9-17(39)6-7-30(16,2)33(18,35)22(40)10-31(19,3)34(15,46)23(41)13-47-32(14-38)28(45)27(21(12-37)50-32)49-29-26(44)25(43)24(42)20(11-36)48-29/h6-7,9,15,18-22,24-29,36-38,40,42-46H,4-5,8,10-14H2,1-3H3/t15-,18+,19+,20?,21-,22+,24+,25-,26?,27+,28?,29+,30+,31+,32?,33+,34+/m1/s1. The molecule has 2 aliphatic heterocycles.